The molecule has 170 valence electrons. The van der Waals surface area contributed by atoms with Gasteiger partial charge in [-0.15, -0.1) is 11.3 Å². The van der Waals surface area contributed by atoms with Crippen molar-refractivity contribution < 1.29 is 23.4 Å². The van der Waals surface area contributed by atoms with Crippen LogP contribution in [0.3, 0.4) is 0 Å². The lowest BCUT2D eigenvalue weighted by atomic mass is 10.1. The maximum atomic E-state index is 12.7. The van der Waals surface area contributed by atoms with E-state index in [9.17, 15) is 23.4 Å². The van der Waals surface area contributed by atoms with Crippen molar-refractivity contribution in [2.45, 2.75) is 31.7 Å². The fourth-order valence-corrected chi connectivity index (χ4v) is 4.83. The van der Waals surface area contributed by atoms with Crippen molar-refractivity contribution in [1.29, 1.82) is 0 Å². The van der Waals surface area contributed by atoms with E-state index in [2.05, 4.69) is 32.2 Å². The van der Waals surface area contributed by atoms with Crippen molar-refractivity contribution in [1.82, 2.24) is 15.0 Å². The second-order valence-electron chi connectivity index (χ2n) is 7.70. The molecule has 32 heavy (non-hydrogen) atoms. The number of para-hydroxylation sites is 1. The molecule has 0 saturated heterocycles. The highest BCUT2D eigenvalue weighted by atomic mass is 32.1. The monoisotopic (exact) mass is 465 g/mol. The SMILES string of the molecule is C=C1[C@@H](CO)C[C@@H](Nc2nc(NCC(F)(F)F)nc(C)c2-c2nc3ccccc3s2)[C@@H]1O. The standard InChI is InChI=1S/C21H22F3N5O2S/c1-10-12(8-30)7-14(17(10)31)27-18-16(19-28-13-5-3-4-6-15(13)32-19)11(2)26-20(29-18)25-9-21(22,23)24/h3-6,12,14,17,30-31H,1,7-9H2,2H3,(H2,25,26,27,29)/t12-,14-,17-/m1/s1. The summed E-state index contributed by atoms with van der Waals surface area (Å²) in [6.45, 7) is 4.10. The van der Waals surface area contributed by atoms with E-state index in [0.29, 0.717) is 28.3 Å². The van der Waals surface area contributed by atoms with Crippen LogP contribution in [0.2, 0.25) is 0 Å². The third-order valence-electron chi connectivity index (χ3n) is 5.41. The van der Waals surface area contributed by atoms with E-state index in [4.69, 9.17) is 0 Å². The van der Waals surface area contributed by atoms with Gasteiger partial charge in [0.1, 0.15) is 17.4 Å². The van der Waals surface area contributed by atoms with E-state index >= 15 is 0 Å². The van der Waals surface area contributed by atoms with E-state index in [-0.39, 0.29) is 24.3 Å². The van der Waals surface area contributed by atoms with E-state index < -0.39 is 24.9 Å². The summed E-state index contributed by atoms with van der Waals surface area (Å²) in [5.41, 5.74) is 2.28. The largest absolute Gasteiger partial charge is 0.405 e. The molecule has 11 heteroatoms. The van der Waals surface area contributed by atoms with Crippen LogP contribution in [-0.2, 0) is 0 Å². The summed E-state index contributed by atoms with van der Waals surface area (Å²) >= 11 is 1.41. The molecule has 2 heterocycles. The lowest BCUT2D eigenvalue weighted by molar-refractivity contribution is -0.115. The number of halogens is 3. The zero-order valence-corrected chi connectivity index (χ0v) is 18.0. The van der Waals surface area contributed by atoms with Gasteiger partial charge in [-0.25, -0.2) is 9.97 Å². The molecule has 1 aliphatic carbocycles. The topological polar surface area (TPSA) is 103 Å². The number of anilines is 2. The molecule has 0 spiro atoms. The summed E-state index contributed by atoms with van der Waals surface area (Å²) in [4.78, 5) is 13.1. The van der Waals surface area contributed by atoms with Gasteiger partial charge in [0.25, 0.3) is 0 Å². The van der Waals surface area contributed by atoms with Crippen molar-refractivity contribution >= 4 is 33.3 Å². The van der Waals surface area contributed by atoms with Crippen molar-refractivity contribution in [3.8, 4) is 10.6 Å². The first kappa shape index (κ1) is 22.4. The molecule has 0 amide bonds. The first-order chi connectivity index (χ1) is 15.2. The fraction of sp³-hybridized carbons (Fsp3) is 0.381. The molecule has 1 aliphatic rings. The Kier molecular flexibility index (Phi) is 6.06. The van der Waals surface area contributed by atoms with Gasteiger partial charge in [0, 0.05) is 12.5 Å². The van der Waals surface area contributed by atoms with Gasteiger partial charge < -0.3 is 20.8 Å². The lowest BCUT2D eigenvalue weighted by Gasteiger charge is -2.20. The Bertz CT molecular complexity index is 1120. The molecular formula is C21H22F3N5O2S. The molecule has 1 aromatic carbocycles. The normalized spacial score (nSPS) is 21.3. The number of aliphatic hydroxyl groups is 2. The number of hydrogen-bond acceptors (Lipinski definition) is 8. The summed E-state index contributed by atoms with van der Waals surface area (Å²) in [6.07, 6.45) is -4.95. The third kappa shape index (κ3) is 4.54. The van der Waals surface area contributed by atoms with Crippen LogP contribution in [0.5, 0.6) is 0 Å². The van der Waals surface area contributed by atoms with E-state index in [1.807, 2.05) is 24.3 Å². The number of nitrogens with zero attached hydrogens (tertiary/aromatic N) is 3. The Morgan fingerprint density at radius 1 is 1.22 bits per heavy atom. The Labute approximate surface area is 186 Å². The summed E-state index contributed by atoms with van der Waals surface area (Å²) < 4.78 is 39.0. The first-order valence-electron chi connectivity index (χ1n) is 9.95. The Balaban J connectivity index is 1.75. The maximum absolute atomic E-state index is 12.7. The van der Waals surface area contributed by atoms with Gasteiger partial charge in [-0.3, -0.25) is 0 Å². The molecular weight excluding hydrogens is 443 g/mol. The van der Waals surface area contributed by atoms with Gasteiger partial charge in [0.05, 0.1) is 33.6 Å². The number of hydrogen-bond donors (Lipinski definition) is 4. The number of aryl methyl sites for hydroxylation is 1. The molecule has 3 atom stereocenters. The highest BCUT2D eigenvalue weighted by molar-refractivity contribution is 7.21. The number of aliphatic hydroxyl groups excluding tert-OH is 2. The molecule has 0 aliphatic heterocycles. The molecule has 3 aromatic rings. The third-order valence-corrected chi connectivity index (χ3v) is 6.46. The molecule has 1 fully saturated rings. The van der Waals surface area contributed by atoms with Crippen LogP contribution in [0.25, 0.3) is 20.8 Å². The average molecular weight is 466 g/mol. The molecule has 0 bridgehead atoms. The number of benzene rings is 1. The van der Waals surface area contributed by atoms with Gasteiger partial charge in [-0.2, -0.15) is 18.2 Å². The predicted octanol–water partition coefficient (Wildman–Crippen LogP) is 3.75. The Hall–Kier alpha value is -2.76. The van der Waals surface area contributed by atoms with Gasteiger partial charge in [0.15, 0.2) is 0 Å². The number of thiazole rings is 1. The lowest BCUT2D eigenvalue weighted by Crippen LogP contribution is -2.30. The predicted molar refractivity (Wildman–Crippen MR) is 118 cm³/mol. The minimum Gasteiger partial charge on any atom is -0.396 e. The highest BCUT2D eigenvalue weighted by Crippen LogP contribution is 2.38. The Morgan fingerprint density at radius 3 is 2.62 bits per heavy atom. The molecule has 2 aromatic heterocycles. The molecule has 0 unspecified atom stereocenters. The van der Waals surface area contributed by atoms with E-state index in [1.165, 1.54) is 11.3 Å². The highest BCUT2D eigenvalue weighted by Gasteiger charge is 2.37. The minimum absolute atomic E-state index is 0.153. The van der Waals surface area contributed by atoms with Crippen LogP contribution in [0.4, 0.5) is 24.9 Å². The van der Waals surface area contributed by atoms with Crippen molar-refractivity contribution in [3.63, 3.8) is 0 Å². The van der Waals surface area contributed by atoms with Gasteiger partial charge >= 0.3 is 6.18 Å². The number of rotatable bonds is 6. The smallest absolute Gasteiger partial charge is 0.396 e. The number of alkyl halides is 3. The van der Waals surface area contributed by atoms with Gasteiger partial charge in [-0.05, 0) is 31.1 Å². The summed E-state index contributed by atoms with van der Waals surface area (Å²) in [5, 5.41) is 26.1. The number of fused-ring (bicyclic) bond motifs is 1. The zero-order valence-electron chi connectivity index (χ0n) is 17.1. The summed E-state index contributed by atoms with van der Waals surface area (Å²) in [6, 6.07) is 7.04. The van der Waals surface area contributed by atoms with Gasteiger partial charge in [0.2, 0.25) is 5.95 Å². The van der Waals surface area contributed by atoms with E-state index in [1.54, 1.807) is 6.92 Å². The molecule has 7 nitrogen and oxygen atoms in total. The number of aromatic nitrogens is 3. The van der Waals surface area contributed by atoms with Crippen LogP contribution >= 0.6 is 11.3 Å². The summed E-state index contributed by atoms with van der Waals surface area (Å²) in [5.74, 6) is -0.201. The maximum Gasteiger partial charge on any atom is 0.405 e. The van der Waals surface area contributed by atoms with Crippen LogP contribution in [0, 0.1) is 12.8 Å². The van der Waals surface area contributed by atoms with Crippen LogP contribution < -0.4 is 10.6 Å². The fourth-order valence-electron chi connectivity index (χ4n) is 3.76. The Morgan fingerprint density at radius 2 is 1.97 bits per heavy atom. The quantitative estimate of drug-likeness (QED) is 0.411. The van der Waals surface area contributed by atoms with Crippen LogP contribution in [0.15, 0.2) is 36.4 Å². The molecule has 1 saturated carbocycles. The second-order valence-corrected chi connectivity index (χ2v) is 8.73. The van der Waals surface area contributed by atoms with Crippen LogP contribution in [0.1, 0.15) is 12.1 Å². The summed E-state index contributed by atoms with van der Waals surface area (Å²) in [7, 11) is 0. The van der Waals surface area contributed by atoms with E-state index in [0.717, 1.165) is 10.2 Å². The first-order valence-corrected chi connectivity index (χ1v) is 10.8. The van der Waals surface area contributed by atoms with Crippen molar-refractivity contribution in [2.75, 3.05) is 23.8 Å². The average Bonchev–Trinajstić information content (AvgIpc) is 3.27. The molecule has 4 rings (SSSR count). The van der Waals surface area contributed by atoms with Crippen molar-refractivity contribution in [3.05, 3.63) is 42.1 Å². The molecule has 0 radical (unpaired) electrons. The van der Waals surface area contributed by atoms with Crippen LogP contribution in [-0.4, -0.2) is 56.6 Å². The molecule has 4 N–H and O–H groups in total. The minimum atomic E-state index is -4.43. The van der Waals surface area contributed by atoms with Crippen molar-refractivity contribution in [2.24, 2.45) is 5.92 Å². The van der Waals surface area contributed by atoms with Gasteiger partial charge in [-0.1, -0.05) is 18.7 Å². The zero-order chi connectivity index (χ0) is 23.0. The second kappa shape index (κ2) is 8.64. The number of nitrogens with one attached hydrogen (secondary N) is 2.